The summed E-state index contributed by atoms with van der Waals surface area (Å²) < 4.78 is 0. The predicted octanol–water partition coefficient (Wildman–Crippen LogP) is 2.36. The molecule has 0 bridgehead atoms. The zero-order chi connectivity index (χ0) is 15.1. The number of aromatic nitrogens is 1. The molecular weight excluding hydrogens is 260 g/mol. The van der Waals surface area contributed by atoms with E-state index in [1.54, 1.807) is 0 Å². The van der Waals surface area contributed by atoms with Gasteiger partial charge in [0.2, 0.25) is 0 Å². The topological polar surface area (TPSA) is 31.4 Å². The normalized spacial score (nSPS) is 16.7. The molecule has 0 aliphatic carbocycles. The van der Waals surface area contributed by atoms with Gasteiger partial charge in [-0.2, -0.15) is 0 Å². The van der Waals surface area contributed by atoms with Gasteiger partial charge in [-0.1, -0.05) is 20.8 Å². The van der Waals surface area contributed by atoms with Gasteiger partial charge in [0.05, 0.1) is 0 Å². The Labute approximate surface area is 129 Å². The largest absolute Gasteiger partial charge is 0.354 e. The van der Waals surface area contributed by atoms with E-state index < -0.39 is 0 Å². The molecule has 0 atom stereocenters. The van der Waals surface area contributed by atoms with Crippen molar-refractivity contribution in [3.05, 3.63) is 23.9 Å². The van der Waals surface area contributed by atoms with Crippen molar-refractivity contribution in [1.82, 2.24) is 15.2 Å². The molecule has 118 valence electrons. The molecule has 21 heavy (non-hydrogen) atoms. The van der Waals surface area contributed by atoms with Crippen molar-refractivity contribution in [3.63, 3.8) is 0 Å². The molecule has 1 aromatic rings. The Hall–Kier alpha value is -1.13. The summed E-state index contributed by atoms with van der Waals surface area (Å²) in [4.78, 5) is 9.52. The van der Waals surface area contributed by atoms with Crippen molar-refractivity contribution in [3.8, 4) is 0 Å². The van der Waals surface area contributed by atoms with Crippen molar-refractivity contribution < 1.29 is 0 Å². The third-order valence-electron chi connectivity index (χ3n) is 3.93. The zero-order valence-electron chi connectivity index (χ0n) is 13.8. The first kappa shape index (κ1) is 16.2. The highest BCUT2D eigenvalue weighted by Crippen LogP contribution is 2.15. The number of piperazine rings is 1. The van der Waals surface area contributed by atoms with Crippen molar-refractivity contribution in [2.45, 2.75) is 33.7 Å². The minimum absolute atomic E-state index is 0.693. The fourth-order valence-electron chi connectivity index (χ4n) is 2.77. The summed E-state index contributed by atoms with van der Waals surface area (Å²) in [6.07, 6.45) is 3.19. The van der Waals surface area contributed by atoms with Gasteiger partial charge < -0.3 is 10.2 Å². The van der Waals surface area contributed by atoms with E-state index in [0.717, 1.165) is 45.1 Å². The molecule has 1 aromatic heterocycles. The highest BCUT2D eigenvalue weighted by Gasteiger charge is 2.17. The molecule has 1 aliphatic rings. The summed E-state index contributed by atoms with van der Waals surface area (Å²) in [7, 11) is 0. The van der Waals surface area contributed by atoms with Crippen LogP contribution in [0.2, 0.25) is 0 Å². The van der Waals surface area contributed by atoms with Gasteiger partial charge in [0, 0.05) is 38.9 Å². The van der Waals surface area contributed by atoms with E-state index in [1.807, 2.05) is 6.20 Å². The minimum atomic E-state index is 0.693. The van der Waals surface area contributed by atoms with Gasteiger partial charge in [-0.15, -0.1) is 0 Å². The molecular formula is C17H30N4. The van der Waals surface area contributed by atoms with E-state index >= 15 is 0 Å². The Morgan fingerprint density at radius 2 is 2.00 bits per heavy atom. The average molecular weight is 290 g/mol. The highest BCUT2D eigenvalue weighted by atomic mass is 15.3. The van der Waals surface area contributed by atoms with Crippen LogP contribution in [0.25, 0.3) is 0 Å². The number of nitrogens with one attached hydrogen (secondary N) is 1. The van der Waals surface area contributed by atoms with Crippen LogP contribution in [0.3, 0.4) is 0 Å². The summed E-state index contributed by atoms with van der Waals surface area (Å²) in [5.41, 5.74) is 1.33. The van der Waals surface area contributed by atoms with Crippen LogP contribution in [0.15, 0.2) is 18.3 Å². The molecule has 0 unspecified atom stereocenters. The fourth-order valence-corrected chi connectivity index (χ4v) is 2.77. The second kappa shape index (κ2) is 8.35. The molecule has 1 fully saturated rings. The maximum absolute atomic E-state index is 4.56. The zero-order valence-corrected chi connectivity index (χ0v) is 13.8. The molecule has 2 heterocycles. The Bertz CT molecular complexity index is 411. The molecule has 4 heteroatoms. The lowest BCUT2D eigenvalue weighted by molar-refractivity contribution is 0.258. The van der Waals surface area contributed by atoms with Gasteiger partial charge in [-0.3, -0.25) is 4.90 Å². The van der Waals surface area contributed by atoms with Crippen LogP contribution in [0, 0.1) is 5.92 Å². The van der Waals surface area contributed by atoms with E-state index in [0.29, 0.717) is 5.92 Å². The number of hydrogen-bond acceptors (Lipinski definition) is 4. The van der Waals surface area contributed by atoms with Crippen LogP contribution in [0.1, 0.15) is 32.8 Å². The lowest BCUT2D eigenvalue weighted by Gasteiger charge is -2.35. The van der Waals surface area contributed by atoms with Crippen molar-refractivity contribution in [1.29, 1.82) is 0 Å². The van der Waals surface area contributed by atoms with Crippen molar-refractivity contribution in [2.75, 3.05) is 44.2 Å². The second-order valence-corrected chi connectivity index (χ2v) is 6.38. The molecule has 1 saturated heterocycles. The standard InChI is InChI=1S/C17H30N4/c1-4-7-20-8-10-21(11-9-20)17-12-16(5-6-19-17)14-18-13-15(2)3/h5-6,12,15,18H,4,7-11,13-14H2,1-3H3. The van der Waals surface area contributed by atoms with E-state index in [4.69, 9.17) is 0 Å². The average Bonchev–Trinajstić information content (AvgIpc) is 2.48. The van der Waals surface area contributed by atoms with E-state index in [-0.39, 0.29) is 0 Å². The summed E-state index contributed by atoms with van der Waals surface area (Å²) in [5, 5.41) is 3.50. The van der Waals surface area contributed by atoms with Crippen LogP contribution in [-0.2, 0) is 6.54 Å². The predicted molar refractivity (Wildman–Crippen MR) is 89.7 cm³/mol. The number of hydrogen-bond donors (Lipinski definition) is 1. The van der Waals surface area contributed by atoms with Crippen LogP contribution in [0.5, 0.6) is 0 Å². The summed E-state index contributed by atoms with van der Waals surface area (Å²) in [6, 6.07) is 4.35. The Morgan fingerprint density at radius 3 is 2.67 bits per heavy atom. The molecule has 0 aromatic carbocycles. The van der Waals surface area contributed by atoms with Crippen molar-refractivity contribution >= 4 is 5.82 Å². The first-order valence-corrected chi connectivity index (χ1v) is 8.32. The van der Waals surface area contributed by atoms with E-state index in [9.17, 15) is 0 Å². The van der Waals surface area contributed by atoms with Crippen molar-refractivity contribution in [2.24, 2.45) is 5.92 Å². The lowest BCUT2D eigenvalue weighted by atomic mass is 10.2. The molecule has 2 rings (SSSR count). The third kappa shape index (κ3) is 5.29. The van der Waals surface area contributed by atoms with Gasteiger partial charge >= 0.3 is 0 Å². The van der Waals surface area contributed by atoms with Gasteiger partial charge in [0.1, 0.15) is 5.82 Å². The first-order valence-electron chi connectivity index (χ1n) is 8.32. The smallest absolute Gasteiger partial charge is 0.128 e. The number of nitrogens with zero attached hydrogens (tertiary/aromatic N) is 3. The van der Waals surface area contributed by atoms with Crippen LogP contribution >= 0.6 is 0 Å². The van der Waals surface area contributed by atoms with E-state index in [1.165, 1.54) is 18.5 Å². The van der Waals surface area contributed by atoms with Crippen LogP contribution < -0.4 is 10.2 Å². The van der Waals surface area contributed by atoms with Crippen LogP contribution in [-0.4, -0.2) is 49.2 Å². The van der Waals surface area contributed by atoms with Gasteiger partial charge in [-0.25, -0.2) is 4.98 Å². The maximum Gasteiger partial charge on any atom is 0.128 e. The Kier molecular flexibility index (Phi) is 6.46. The summed E-state index contributed by atoms with van der Waals surface area (Å²) in [5.74, 6) is 1.83. The fraction of sp³-hybridized carbons (Fsp3) is 0.706. The van der Waals surface area contributed by atoms with Gasteiger partial charge in [-0.05, 0) is 43.1 Å². The molecule has 0 radical (unpaired) electrons. The molecule has 0 amide bonds. The van der Waals surface area contributed by atoms with Gasteiger partial charge in [0.25, 0.3) is 0 Å². The number of anilines is 1. The third-order valence-corrected chi connectivity index (χ3v) is 3.93. The molecule has 0 spiro atoms. The second-order valence-electron chi connectivity index (χ2n) is 6.38. The van der Waals surface area contributed by atoms with Gasteiger partial charge in [0.15, 0.2) is 0 Å². The highest BCUT2D eigenvalue weighted by molar-refractivity contribution is 5.41. The minimum Gasteiger partial charge on any atom is -0.354 e. The monoisotopic (exact) mass is 290 g/mol. The Morgan fingerprint density at radius 1 is 1.24 bits per heavy atom. The molecule has 4 nitrogen and oxygen atoms in total. The maximum atomic E-state index is 4.56. The van der Waals surface area contributed by atoms with E-state index in [2.05, 4.69) is 53.0 Å². The Balaban J connectivity index is 1.86. The lowest BCUT2D eigenvalue weighted by Crippen LogP contribution is -2.46. The van der Waals surface area contributed by atoms with Crippen LogP contribution in [0.4, 0.5) is 5.82 Å². The molecule has 1 aliphatic heterocycles. The first-order chi connectivity index (χ1) is 10.2. The number of rotatable bonds is 7. The molecule has 0 saturated carbocycles. The number of pyridine rings is 1. The SMILES string of the molecule is CCCN1CCN(c2cc(CNCC(C)C)ccn2)CC1. The summed E-state index contributed by atoms with van der Waals surface area (Å²) >= 11 is 0. The quantitative estimate of drug-likeness (QED) is 0.835. The summed E-state index contributed by atoms with van der Waals surface area (Å²) in [6.45, 7) is 14.4. The molecule has 1 N–H and O–H groups in total.